The van der Waals surface area contributed by atoms with E-state index in [1.807, 2.05) is 0 Å². The van der Waals surface area contributed by atoms with Crippen molar-refractivity contribution < 1.29 is 66.3 Å². The molecule has 0 radical (unpaired) electrons. The normalized spacial score (nSPS) is 10.2. The molecule has 0 atom stereocenters. The first-order valence-corrected chi connectivity index (χ1v) is 15.0. The average molecular weight is 707 g/mol. The minimum absolute atomic E-state index is 0.00115. The Labute approximate surface area is 292 Å². The maximum atomic E-state index is 14.6. The number of ether oxygens (including phenoxy) is 8. The van der Waals surface area contributed by atoms with Gasteiger partial charge in [0.25, 0.3) is 0 Å². The van der Waals surface area contributed by atoms with Gasteiger partial charge in [-0.2, -0.15) is 0 Å². The lowest BCUT2D eigenvalue weighted by molar-refractivity contribution is -0.147. The minimum Gasteiger partial charge on any atom is -0.462 e. The zero-order valence-corrected chi connectivity index (χ0v) is 28.1. The van der Waals surface area contributed by atoms with Gasteiger partial charge in [0.1, 0.15) is 17.3 Å². The molecule has 0 aliphatic rings. The average Bonchev–Trinajstić information content (AvgIpc) is 3.09. The fourth-order valence-electron chi connectivity index (χ4n) is 3.66. The van der Waals surface area contributed by atoms with Crippen molar-refractivity contribution in [2.24, 2.45) is 0 Å². The summed E-state index contributed by atoms with van der Waals surface area (Å²) in [7, 11) is 0. The Kier molecular flexibility index (Phi) is 14.5. The van der Waals surface area contributed by atoms with Crippen LogP contribution in [0.1, 0.15) is 47.1 Å². The smallest absolute Gasteiger partial charge is 0.346 e. The van der Waals surface area contributed by atoms with Crippen molar-refractivity contribution >= 4 is 29.8 Å². The van der Waals surface area contributed by atoms with Crippen molar-refractivity contribution in [2.75, 3.05) is 27.0 Å². The molecule has 268 valence electrons. The second kappa shape index (κ2) is 18.9. The van der Waals surface area contributed by atoms with Crippen molar-refractivity contribution in [3.63, 3.8) is 0 Å². The number of carbonyl (C=O) groups excluding carboxylic acids is 5. The molecule has 0 aromatic heterocycles. The van der Waals surface area contributed by atoms with Crippen LogP contribution in [0, 0.1) is 5.82 Å². The van der Waals surface area contributed by atoms with Gasteiger partial charge in [0.15, 0.2) is 11.5 Å². The predicted molar refractivity (Wildman–Crippen MR) is 177 cm³/mol. The highest BCUT2D eigenvalue weighted by Gasteiger charge is 2.17. The standard InChI is InChI=1S/C37H35FO13/c1-22(2)33(39)48-19-45-28-12-13-29(30(38)18-28)37(43)51-27-10-7-25(8-11-27)15-16-44-36(42)26-9-14-31(46-20-49-34(40)23(3)4)32(17-26)47-21-50-35(41)24(5)6/h7-14,17-18H,1,3,5,15-16,19-21H2,2,4,6H3. The highest BCUT2D eigenvalue weighted by molar-refractivity contribution is 5.92. The van der Waals surface area contributed by atoms with Crippen molar-refractivity contribution in [1.29, 1.82) is 0 Å². The molecule has 3 rings (SSSR count). The van der Waals surface area contributed by atoms with Gasteiger partial charge < -0.3 is 37.9 Å². The molecular weight excluding hydrogens is 671 g/mol. The summed E-state index contributed by atoms with van der Waals surface area (Å²) < 4.78 is 55.9. The lowest BCUT2D eigenvalue weighted by Crippen LogP contribution is -2.14. The highest BCUT2D eigenvalue weighted by atomic mass is 19.1. The van der Waals surface area contributed by atoms with Gasteiger partial charge in [-0.25, -0.2) is 28.4 Å². The lowest BCUT2D eigenvalue weighted by atomic mass is 10.1. The Morgan fingerprint density at radius 1 is 0.588 bits per heavy atom. The molecule has 3 aromatic carbocycles. The largest absolute Gasteiger partial charge is 0.462 e. The summed E-state index contributed by atoms with van der Waals surface area (Å²) in [6.07, 6.45) is 0.299. The highest BCUT2D eigenvalue weighted by Crippen LogP contribution is 2.29. The van der Waals surface area contributed by atoms with E-state index in [0.717, 1.165) is 11.6 Å². The monoisotopic (exact) mass is 706 g/mol. The molecule has 0 spiro atoms. The van der Waals surface area contributed by atoms with Crippen LogP contribution in [0.25, 0.3) is 0 Å². The molecule has 0 saturated carbocycles. The van der Waals surface area contributed by atoms with E-state index in [4.69, 9.17) is 37.9 Å². The topological polar surface area (TPSA) is 159 Å². The van der Waals surface area contributed by atoms with Crippen molar-refractivity contribution in [2.45, 2.75) is 27.2 Å². The summed E-state index contributed by atoms with van der Waals surface area (Å²) >= 11 is 0. The molecule has 0 aliphatic heterocycles. The Balaban J connectivity index is 1.53. The zero-order valence-electron chi connectivity index (χ0n) is 28.1. The van der Waals surface area contributed by atoms with Crippen molar-refractivity contribution in [1.82, 2.24) is 0 Å². The number of rotatable bonds is 18. The summed E-state index contributed by atoms with van der Waals surface area (Å²) in [6.45, 7) is 13.3. The molecule has 0 N–H and O–H groups in total. The Bertz CT molecular complexity index is 1810. The summed E-state index contributed by atoms with van der Waals surface area (Å²) in [6, 6.07) is 13.8. The number of hydrogen-bond acceptors (Lipinski definition) is 13. The molecule has 51 heavy (non-hydrogen) atoms. The Hall–Kier alpha value is -6.44. The maximum absolute atomic E-state index is 14.6. The first kappa shape index (κ1) is 39.0. The second-order valence-corrected chi connectivity index (χ2v) is 10.6. The molecule has 0 amide bonds. The zero-order chi connectivity index (χ0) is 37.5. The first-order valence-electron chi connectivity index (χ1n) is 15.0. The van der Waals surface area contributed by atoms with Crippen LogP contribution >= 0.6 is 0 Å². The predicted octanol–water partition coefficient (Wildman–Crippen LogP) is 5.81. The van der Waals surface area contributed by atoms with Crippen molar-refractivity contribution in [3.8, 4) is 23.0 Å². The summed E-state index contributed by atoms with van der Waals surface area (Å²) in [5.41, 5.74) is 0.980. The lowest BCUT2D eigenvalue weighted by Gasteiger charge is -2.14. The number of carbonyl (C=O) groups is 5. The fourth-order valence-corrected chi connectivity index (χ4v) is 3.66. The fraction of sp³-hybridized carbons (Fsp3) is 0.216. The van der Waals surface area contributed by atoms with Crippen LogP contribution in [0.4, 0.5) is 4.39 Å². The van der Waals surface area contributed by atoms with Gasteiger partial charge in [0.05, 0.1) is 17.7 Å². The third-order valence-electron chi connectivity index (χ3n) is 6.37. The van der Waals surface area contributed by atoms with E-state index in [-0.39, 0.29) is 57.5 Å². The molecular formula is C37H35FO13. The molecule has 0 saturated heterocycles. The molecule has 13 nitrogen and oxygen atoms in total. The van der Waals surface area contributed by atoms with E-state index in [9.17, 15) is 28.4 Å². The Morgan fingerprint density at radius 3 is 1.67 bits per heavy atom. The van der Waals surface area contributed by atoms with Gasteiger partial charge >= 0.3 is 29.8 Å². The van der Waals surface area contributed by atoms with E-state index < -0.39 is 56.0 Å². The number of halogens is 1. The molecule has 14 heteroatoms. The van der Waals surface area contributed by atoms with Crippen molar-refractivity contribution in [3.05, 3.63) is 120 Å². The van der Waals surface area contributed by atoms with E-state index in [0.29, 0.717) is 6.42 Å². The van der Waals surface area contributed by atoms with Gasteiger partial charge in [-0.1, -0.05) is 31.9 Å². The number of hydrogen-bond donors (Lipinski definition) is 0. The second-order valence-electron chi connectivity index (χ2n) is 10.6. The van der Waals surface area contributed by atoms with Gasteiger partial charge in [-0.3, -0.25) is 0 Å². The van der Waals surface area contributed by atoms with Gasteiger partial charge in [0.2, 0.25) is 20.4 Å². The SMILES string of the molecule is C=C(C)C(=O)OCOc1ccc(C(=O)Oc2ccc(CCOC(=O)c3ccc(OCOC(=O)C(=C)C)c(OCOC(=O)C(=C)C)c3)cc2)c(F)c1. The molecule has 0 aliphatic carbocycles. The molecule has 3 aromatic rings. The van der Waals surface area contributed by atoms with E-state index >= 15 is 0 Å². The van der Waals surface area contributed by atoms with Crippen LogP contribution in [-0.4, -0.2) is 56.8 Å². The van der Waals surface area contributed by atoms with Crippen LogP contribution in [0.3, 0.4) is 0 Å². The summed E-state index contributed by atoms with van der Waals surface area (Å²) in [4.78, 5) is 60.1. The van der Waals surface area contributed by atoms with Gasteiger partial charge in [0, 0.05) is 29.2 Å². The van der Waals surface area contributed by atoms with Gasteiger partial charge in [-0.05, 0) is 68.8 Å². The quantitative estimate of drug-likeness (QED) is 0.0513. The van der Waals surface area contributed by atoms with Crippen LogP contribution < -0.4 is 18.9 Å². The molecule has 0 fully saturated rings. The van der Waals surface area contributed by atoms with E-state index in [1.165, 1.54) is 63.2 Å². The van der Waals surface area contributed by atoms with E-state index in [1.54, 1.807) is 12.1 Å². The minimum atomic E-state index is -0.948. The van der Waals surface area contributed by atoms with Crippen LogP contribution in [-0.2, 0) is 39.8 Å². The number of benzene rings is 3. The first-order chi connectivity index (χ1) is 24.2. The maximum Gasteiger partial charge on any atom is 0.346 e. The third kappa shape index (κ3) is 12.5. The molecule has 0 unspecified atom stereocenters. The van der Waals surface area contributed by atoms with Crippen LogP contribution in [0.5, 0.6) is 23.0 Å². The Morgan fingerprint density at radius 2 is 1.12 bits per heavy atom. The van der Waals surface area contributed by atoms with Crippen LogP contribution in [0.2, 0.25) is 0 Å². The van der Waals surface area contributed by atoms with E-state index in [2.05, 4.69) is 19.7 Å². The van der Waals surface area contributed by atoms with Crippen LogP contribution in [0.15, 0.2) is 97.1 Å². The van der Waals surface area contributed by atoms with Gasteiger partial charge in [-0.15, -0.1) is 0 Å². The molecule has 0 bridgehead atoms. The number of esters is 5. The third-order valence-corrected chi connectivity index (χ3v) is 6.37. The summed E-state index contributed by atoms with van der Waals surface area (Å²) in [5.74, 6) is -4.32. The summed E-state index contributed by atoms with van der Waals surface area (Å²) in [5, 5.41) is 0. The molecule has 0 heterocycles.